The standard InChI is InChI=1S/C12H18N2O/c1-10-3-2-4-11(14-10)9-12(15)5-7-13-8-6-12/h2-4,13,15H,5-9H2,1H3. The summed E-state index contributed by atoms with van der Waals surface area (Å²) in [4.78, 5) is 4.43. The third kappa shape index (κ3) is 2.76. The quantitative estimate of drug-likeness (QED) is 0.760. The van der Waals surface area contributed by atoms with Crippen molar-refractivity contribution in [3.63, 3.8) is 0 Å². The van der Waals surface area contributed by atoms with E-state index in [4.69, 9.17) is 0 Å². The third-order valence-electron chi connectivity index (χ3n) is 2.99. The Labute approximate surface area is 90.5 Å². The molecule has 0 saturated carbocycles. The highest BCUT2D eigenvalue weighted by molar-refractivity contribution is 5.12. The Bertz CT molecular complexity index is 332. The van der Waals surface area contributed by atoms with Crippen molar-refractivity contribution >= 4 is 0 Å². The van der Waals surface area contributed by atoms with Crippen LogP contribution in [0.2, 0.25) is 0 Å². The molecule has 15 heavy (non-hydrogen) atoms. The van der Waals surface area contributed by atoms with E-state index in [1.54, 1.807) is 0 Å². The summed E-state index contributed by atoms with van der Waals surface area (Å²) in [7, 11) is 0. The molecule has 0 radical (unpaired) electrons. The number of aliphatic hydroxyl groups is 1. The van der Waals surface area contributed by atoms with Crippen LogP contribution in [0.25, 0.3) is 0 Å². The zero-order valence-corrected chi connectivity index (χ0v) is 9.16. The van der Waals surface area contributed by atoms with Crippen molar-refractivity contribution < 1.29 is 5.11 Å². The van der Waals surface area contributed by atoms with Gasteiger partial charge < -0.3 is 10.4 Å². The van der Waals surface area contributed by atoms with Crippen molar-refractivity contribution in [3.05, 3.63) is 29.6 Å². The zero-order valence-electron chi connectivity index (χ0n) is 9.16. The van der Waals surface area contributed by atoms with E-state index >= 15 is 0 Å². The van der Waals surface area contributed by atoms with E-state index in [0.717, 1.165) is 37.3 Å². The highest BCUT2D eigenvalue weighted by atomic mass is 16.3. The van der Waals surface area contributed by atoms with Crippen LogP contribution < -0.4 is 5.32 Å². The summed E-state index contributed by atoms with van der Waals surface area (Å²) in [5.41, 5.74) is 1.47. The third-order valence-corrected chi connectivity index (χ3v) is 2.99. The second kappa shape index (κ2) is 4.29. The predicted octanol–water partition coefficient (Wildman–Crippen LogP) is 1.05. The van der Waals surface area contributed by atoms with Gasteiger partial charge in [-0.2, -0.15) is 0 Å². The van der Waals surface area contributed by atoms with Crippen LogP contribution in [0, 0.1) is 6.92 Å². The Morgan fingerprint density at radius 3 is 2.80 bits per heavy atom. The molecule has 2 heterocycles. The van der Waals surface area contributed by atoms with E-state index in [-0.39, 0.29) is 0 Å². The molecular formula is C12H18N2O. The van der Waals surface area contributed by atoms with Crippen molar-refractivity contribution in [2.45, 2.75) is 31.8 Å². The lowest BCUT2D eigenvalue weighted by Gasteiger charge is -2.32. The number of hydrogen-bond donors (Lipinski definition) is 2. The number of aryl methyl sites for hydroxylation is 1. The average Bonchev–Trinajstić information content (AvgIpc) is 2.18. The fourth-order valence-corrected chi connectivity index (χ4v) is 2.10. The minimum absolute atomic E-state index is 0.550. The molecule has 1 saturated heterocycles. The fraction of sp³-hybridized carbons (Fsp3) is 0.583. The molecule has 0 amide bonds. The molecule has 3 nitrogen and oxygen atoms in total. The molecule has 3 heteroatoms. The molecule has 82 valence electrons. The zero-order chi connectivity index (χ0) is 10.7. The van der Waals surface area contributed by atoms with Crippen molar-refractivity contribution in [1.82, 2.24) is 10.3 Å². The molecule has 2 N–H and O–H groups in total. The van der Waals surface area contributed by atoms with Gasteiger partial charge in [-0.05, 0) is 45.0 Å². The number of piperidine rings is 1. The van der Waals surface area contributed by atoms with E-state index < -0.39 is 5.60 Å². The summed E-state index contributed by atoms with van der Waals surface area (Å²) in [5, 5.41) is 13.6. The van der Waals surface area contributed by atoms with Gasteiger partial charge in [0.25, 0.3) is 0 Å². The SMILES string of the molecule is Cc1cccc(CC2(O)CCNCC2)n1. The van der Waals surface area contributed by atoms with E-state index in [0.29, 0.717) is 6.42 Å². The van der Waals surface area contributed by atoms with Gasteiger partial charge in [0.2, 0.25) is 0 Å². The molecule has 1 aromatic rings. The first-order chi connectivity index (χ1) is 7.18. The van der Waals surface area contributed by atoms with Crippen LogP contribution in [-0.4, -0.2) is 28.8 Å². The molecule has 0 atom stereocenters. The van der Waals surface area contributed by atoms with Gasteiger partial charge in [-0.25, -0.2) is 0 Å². The van der Waals surface area contributed by atoms with Crippen molar-refractivity contribution in [1.29, 1.82) is 0 Å². The van der Waals surface area contributed by atoms with Crippen molar-refractivity contribution in [3.8, 4) is 0 Å². The number of nitrogens with zero attached hydrogens (tertiary/aromatic N) is 1. The number of hydrogen-bond acceptors (Lipinski definition) is 3. The van der Waals surface area contributed by atoms with Gasteiger partial charge in [0, 0.05) is 17.8 Å². The largest absolute Gasteiger partial charge is 0.389 e. The highest BCUT2D eigenvalue weighted by Crippen LogP contribution is 2.22. The monoisotopic (exact) mass is 206 g/mol. The van der Waals surface area contributed by atoms with Gasteiger partial charge in [-0.15, -0.1) is 0 Å². The van der Waals surface area contributed by atoms with Crippen LogP contribution in [0.4, 0.5) is 0 Å². The molecule has 0 bridgehead atoms. The van der Waals surface area contributed by atoms with E-state index in [1.807, 2.05) is 25.1 Å². The van der Waals surface area contributed by atoms with Crippen molar-refractivity contribution in [2.24, 2.45) is 0 Å². The van der Waals surface area contributed by atoms with E-state index in [1.165, 1.54) is 0 Å². The topological polar surface area (TPSA) is 45.1 Å². The first-order valence-electron chi connectivity index (χ1n) is 5.54. The predicted molar refractivity (Wildman–Crippen MR) is 59.7 cm³/mol. The van der Waals surface area contributed by atoms with Gasteiger partial charge in [-0.3, -0.25) is 4.98 Å². The molecule has 1 aliphatic heterocycles. The van der Waals surface area contributed by atoms with Crippen molar-refractivity contribution in [2.75, 3.05) is 13.1 Å². The minimum Gasteiger partial charge on any atom is -0.389 e. The second-order valence-corrected chi connectivity index (χ2v) is 4.42. The summed E-state index contributed by atoms with van der Waals surface area (Å²) in [5.74, 6) is 0. The molecular weight excluding hydrogens is 188 g/mol. The van der Waals surface area contributed by atoms with E-state index in [9.17, 15) is 5.11 Å². The summed E-state index contributed by atoms with van der Waals surface area (Å²) < 4.78 is 0. The Morgan fingerprint density at radius 2 is 2.13 bits per heavy atom. The maximum absolute atomic E-state index is 10.3. The molecule has 0 aromatic carbocycles. The van der Waals surface area contributed by atoms with Crippen LogP contribution in [0.5, 0.6) is 0 Å². The van der Waals surface area contributed by atoms with Gasteiger partial charge in [0.05, 0.1) is 5.60 Å². The maximum atomic E-state index is 10.3. The van der Waals surface area contributed by atoms with Crippen LogP contribution in [0.1, 0.15) is 24.2 Å². The number of nitrogens with one attached hydrogen (secondary N) is 1. The summed E-state index contributed by atoms with van der Waals surface area (Å²) in [6.45, 7) is 3.79. The Hall–Kier alpha value is -0.930. The molecule has 1 fully saturated rings. The van der Waals surface area contributed by atoms with Crippen LogP contribution in [-0.2, 0) is 6.42 Å². The Balaban J connectivity index is 2.06. The van der Waals surface area contributed by atoms with Crippen LogP contribution in [0.15, 0.2) is 18.2 Å². The average molecular weight is 206 g/mol. The molecule has 0 unspecified atom stereocenters. The van der Waals surface area contributed by atoms with Gasteiger partial charge in [-0.1, -0.05) is 6.07 Å². The Morgan fingerprint density at radius 1 is 1.40 bits per heavy atom. The maximum Gasteiger partial charge on any atom is 0.0727 e. The van der Waals surface area contributed by atoms with Crippen LogP contribution in [0.3, 0.4) is 0 Å². The first-order valence-corrected chi connectivity index (χ1v) is 5.54. The first kappa shape index (κ1) is 10.6. The number of aromatic nitrogens is 1. The lowest BCUT2D eigenvalue weighted by atomic mass is 9.87. The van der Waals surface area contributed by atoms with Gasteiger partial charge >= 0.3 is 0 Å². The normalized spacial score (nSPS) is 20.1. The van der Waals surface area contributed by atoms with Gasteiger partial charge in [0.1, 0.15) is 0 Å². The summed E-state index contributed by atoms with van der Waals surface area (Å²) in [6, 6.07) is 5.98. The molecule has 0 spiro atoms. The highest BCUT2D eigenvalue weighted by Gasteiger charge is 2.29. The number of pyridine rings is 1. The molecule has 2 rings (SSSR count). The lowest BCUT2D eigenvalue weighted by molar-refractivity contribution is 0.0100. The Kier molecular flexibility index (Phi) is 3.03. The second-order valence-electron chi connectivity index (χ2n) is 4.42. The summed E-state index contributed by atoms with van der Waals surface area (Å²) >= 11 is 0. The molecule has 0 aliphatic carbocycles. The molecule has 1 aliphatic rings. The van der Waals surface area contributed by atoms with Gasteiger partial charge in [0.15, 0.2) is 0 Å². The van der Waals surface area contributed by atoms with E-state index in [2.05, 4.69) is 10.3 Å². The smallest absolute Gasteiger partial charge is 0.0727 e. The summed E-state index contributed by atoms with van der Waals surface area (Å²) in [6.07, 6.45) is 2.32. The molecule has 1 aromatic heterocycles. The lowest BCUT2D eigenvalue weighted by Crippen LogP contribution is -2.43. The fourth-order valence-electron chi connectivity index (χ4n) is 2.10. The number of rotatable bonds is 2. The van der Waals surface area contributed by atoms with Crippen LogP contribution >= 0.6 is 0 Å². The minimum atomic E-state index is -0.550.